The van der Waals surface area contributed by atoms with Crippen LogP contribution in [0.2, 0.25) is 0 Å². The van der Waals surface area contributed by atoms with E-state index in [1.165, 1.54) is 24.3 Å². The molecular weight excluding hydrogens is 392 g/mol. The van der Waals surface area contributed by atoms with Gasteiger partial charge >= 0.3 is 23.9 Å². The summed E-state index contributed by atoms with van der Waals surface area (Å²) in [6.45, 7) is 7.44. The van der Waals surface area contributed by atoms with Crippen LogP contribution in [0.1, 0.15) is 46.4 Å². The summed E-state index contributed by atoms with van der Waals surface area (Å²) < 4.78 is 19.9. The molecule has 0 aromatic heterocycles. The molecule has 0 aliphatic rings. The Balaban J connectivity index is 2.24. The Hall–Kier alpha value is -3.42. The van der Waals surface area contributed by atoms with Crippen LogP contribution in [0.5, 0.6) is 0 Å². The van der Waals surface area contributed by atoms with E-state index in [1.807, 2.05) is 0 Å². The summed E-state index contributed by atoms with van der Waals surface area (Å²) in [6, 6.07) is 5.94. The Morgan fingerprint density at radius 1 is 0.600 bits per heavy atom. The van der Waals surface area contributed by atoms with Gasteiger partial charge < -0.3 is 18.9 Å². The molecule has 0 unspecified atom stereocenters. The average Bonchev–Trinajstić information content (AvgIpc) is 2.77. The van der Waals surface area contributed by atoms with Crippen LogP contribution in [0, 0.1) is 0 Å². The van der Waals surface area contributed by atoms with Crippen LogP contribution in [0.4, 0.5) is 0 Å². The maximum absolute atomic E-state index is 12.0. The molecule has 0 bridgehead atoms. The average molecular weight is 418 g/mol. The molecule has 0 aliphatic heterocycles. The number of esters is 4. The number of hydrogen-bond acceptors (Lipinski definition) is 8. The van der Waals surface area contributed by atoms with Gasteiger partial charge in [0.1, 0.15) is 0 Å². The molecule has 8 nitrogen and oxygen atoms in total. The Morgan fingerprint density at radius 3 is 1.20 bits per heavy atom. The first kappa shape index (κ1) is 24.6. The fourth-order valence-electron chi connectivity index (χ4n) is 2.11. The van der Waals surface area contributed by atoms with Gasteiger partial charge in [0.25, 0.3) is 0 Å². The van der Waals surface area contributed by atoms with E-state index < -0.39 is 23.9 Å². The zero-order valence-electron chi connectivity index (χ0n) is 16.8. The molecule has 0 radical (unpaired) electrons. The molecule has 0 heterocycles. The fourth-order valence-corrected chi connectivity index (χ4v) is 2.11. The topological polar surface area (TPSA) is 105 Å². The van der Waals surface area contributed by atoms with Gasteiger partial charge in [0.05, 0.1) is 37.6 Å². The summed E-state index contributed by atoms with van der Waals surface area (Å²) in [5.74, 6) is -1.99. The predicted octanol–water partition coefficient (Wildman–Crippen LogP) is 3.02. The summed E-state index contributed by atoms with van der Waals surface area (Å²) >= 11 is 0. The van der Waals surface area contributed by atoms with Crippen molar-refractivity contribution in [2.24, 2.45) is 0 Å². The number of unbranched alkanes of at least 4 members (excludes halogenated alkanes) is 2. The molecule has 0 saturated heterocycles. The minimum atomic E-state index is -0.507. The molecule has 0 N–H and O–H groups in total. The highest BCUT2D eigenvalue weighted by atomic mass is 16.5. The van der Waals surface area contributed by atoms with E-state index in [-0.39, 0.29) is 26.4 Å². The number of hydrogen-bond donors (Lipinski definition) is 0. The van der Waals surface area contributed by atoms with Crippen molar-refractivity contribution in [2.45, 2.75) is 25.7 Å². The van der Waals surface area contributed by atoms with E-state index in [9.17, 15) is 19.2 Å². The lowest BCUT2D eigenvalue weighted by Crippen LogP contribution is -2.10. The van der Waals surface area contributed by atoms with E-state index in [0.29, 0.717) is 36.8 Å². The lowest BCUT2D eigenvalue weighted by molar-refractivity contribution is -0.138. The zero-order chi connectivity index (χ0) is 22.2. The molecule has 0 atom stereocenters. The first-order chi connectivity index (χ1) is 14.5. The summed E-state index contributed by atoms with van der Waals surface area (Å²) in [7, 11) is 0. The van der Waals surface area contributed by atoms with Gasteiger partial charge in [0.15, 0.2) is 0 Å². The highest BCUT2D eigenvalue weighted by Gasteiger charge is 2.11. The summed E-state index contributed by atoms with van der Waals surface area (Å²) in [6.07, 6.45) is 4.40. The molecule has 30 heavy (non-hydrogen) atoms. The van der Waals surface area contributed by atoms with Gasteiger partial charge in [-0.15, -0.1) is 0 Å². The Kier molecular flexibility index (Phi) is 11.9. The number of rotatable bonds is 14. The van der Waals surface area contributed by atoms with Crippen LogP contribution in [0.15, 0.2) is 49.6 Å². The molecule has 0 saturated carbocycles. The Morgan fingerprint density at radius 2 is 0.900 bits per heavy atom. The second kappa shape index (κ2) is 14.6. The molecule has 0 amide bonds. The van der Waals surface area contributed by atoms with Crippen LogP contribution >= 0.6 is 0 Å². The van der Waals surface area contributed by atoms with Crippen molar-refractivity contribution >= 4 is 23.9 Å². The minimum Gasteiger partial charge on any atom is -0.463 e. The first-order valence-corrected chi connectivity index (χ1v) is 9.50. The Labute approximate surface area is 175 Å². The van der Waals surface area contributed by atoms with E-state index in [2.05, 4.69) is 13.2 Å². The van der Waals surface area contributed by atoms with Gasteiger partial charge in [-0.1, -0.05) is 13.2 Å². The maximum Gasteiger partial charge on any atom is 0.338 e. The Bertz CT molecular complexity index is 673. The van der Waals surface area contributed by atoms with Crippen LogP contribution < -0.4 is 0 Å². The van der Waals surface area contributed by atoms with Crippen LogP contribution in [0.3, 0.4) is 0 Å². The van der Waals surface area contributed by atoms with Crippen molar-refractivity contribution in [1.29, 1.82) is 0 Å². The first-order valence-electron chi connectivity index (χ1n) is 9.50. The lowest BCUT2D eigenvalue weighted by Gasteiger charge is -2.07. The quantitative estimate of drug-likeness (QED) is 0.196. The third-order valence-electron chi connectivity index (χ3n) is 3.72. The highest BCUT2D eigenvalue weighted by molar-refractivity contribution is 5.93. The second-order valence-electron chi connectivity index (χ2n) is 6.01. The largest absolute Gasteiger partial charge is 0.463 e. The van der Waals surface area contributed by atoms with Gasteiger partial charge in [-0.2, -0.15) is 0 Å². The monoisotopic (exact) mass is 418 g/mol. The van der Waals surface area contributed by atoms with Crippen molar-refractivity contribution < 1.29 is 38.1 Å². The number of carbonyl (C=O) groups is 4. The molecule has 1 aromatic rings. The lowest BCUT2D eigenvalue weighted by atomic mass is 10.1. The van der Waals surface area contributed by atoms with Crippen molar-refractivity contribution in [1.82, 2.24) is 0 Å². The number of carbonyl (C=O) groups excluding carboxylic acids is 4. The molecular formula is C22H26O8. The fraction of sp³-hybridized carbons (Fsp3) is 0.364. The van der Waals surface area contributed by atoms with Gasteiger partial charge in [0, 0.05) is 12.2 Å². The maximum atomic E-state index is 12.0. The normalized spacial score (nSPS) is 9.87. The molecule has 8 heteroatoms. The minimum absolute atomic E-state index is 0.191. The molecule has 1 rings (SSSR count). The molecule has 0 aliphatic carbocycles. The summed E-state index contributed by atoms with van der Waals surface area (Å²) in [5, 5.41) is 0. The molecule has 1 aromatic carbocycles. The van der Waals surface area contributed by atoms with E-state index in [4.69, 9.17) is 18.9 Å². The van der Waals surface area contributed by atoms with E-state index in [1.54, 1.807) is 0 Å². The van der Waals surface area contributed by atoms with Crippen molar-refractivity contribution in [3.8, 4) is 0 Å². The molecule has 0 spiro atoms. The zero-order valence-corrected chi connectivity index (χ0v) is 16.8. The standard InChI is InChI=1S/C22H26O8/c1-3-19(23)27-13-5-7-15-29-21(25)17-9-11-18(12-10-17)22(26)30-16-8-6-14-28-20(24)4-2/h3-4,9-12H,1-2,5-8,13-16H2. The predicted molar refractivity (Wildman–Crippen MR) is 108 cm³/mol. The van der Waals surface area contributed by atoms with Gasteiger partial charge in [0.2, 0.25) is 0 Å². The molecule has 162 valence electrons. The van der Waals surface area contributed by atoms with Crippen molar-refractivity contribution in [3.05, 3.63) is 60.7 Å². The second-order valence-corrected chi connectivity index (χ2v) is 6.01. The number of benzene rings is 1. The number of ether oxygens (including phenoxy) is 4. The highest BCUT2D eigenvalue weighted by Crippen LogP contribution is 2.08. The van der Waals surface area contributed by atoms with E-state index in [0.717, 1.165) is 12.2 Å². The SMILES string of the molecule is C=CC(=O)OCCCCOC(=O)c1ccc(C(=O)OCCCCOC(=O)C=C)cc1. The molecule has 0 fully saturated rings. The van der Waals surface area contributed by atoms with Crippen molar-refractivity contribution in [3.63, 3.8) is 0 Å². The third-order valence-corrected chi connectivity index (χ3v) is 3.72. The van der Waals surface area contributed by atoms with Crippen LogP contribution in [-0.4, -0.2) is 50.3 Å². The van der Waals surface area contributed by atoms with E-state index >= 15 is 0 Å². The van der Waals surface area contributed by atoms with Crippen LogP contribution in [0.25, 0.3) is 0 Å². The van der Waals surface area contributed by atoms with Crippen LogP contribution in [-0.2, 0) is 28.5 Å². The smallest absolute Gasteiger partial charge is 0.338 e. The van der Waals surface area contributed by atoms with Gasteiger partial charge in [-0.3, -0.25) is 0 Å². The third kappa shape index (κ3) is 10.2. The van der Waals surface area contributed by atoms with Gasteiger partial charge in [-0.25, -0.2) is 19.2 Å². The summed E-state index contributed by atoms with van der Waals surface area (Å²) in [5.41, 5.74) is 0.627. The summed E-state index contributed by atoms with van der Waals surface area (Å²) in [4.78, 5) is 45.7. The van der Waals surface area contributed by atoms with Crippen molar-refractivity contribution in [2.75, 3.05) is 26.4 Å². The van der Waals surface area contributed by atoms with Gasteiger partial charge in [-0.05, 0) is 49.9 Å².